The SMILES string of the molecule is CCCc1nc(C(C)(C)O)c(C(N)=O)n1Cc1ccc(-c2ccc(-c3nnnn3O)cc2)cc1. The number of rotatable bonds is 8. The fourth-order valence-electron chi connectivity index (χ4n) is 3.91. The van der Waals surface area contributed by atoms with Crippen molar-refractivity contribution in [2.75, 3.05) is 0 Å². The van der Waals surface area contributed by atoms with Crippen molar-refractivity contribution in [1.29, 1.82) is 0 Å². The first-order valence-electron chi connectivity index (χ1n) is 11.0. The maximum Gasteiger partial charge on any atom is 0.267 e. The van der Waals surface area contributed by atoms with Gasteiger partial charge in [0.25, 0.3) is 5.91 Å². The molecule has 0 radical (unpaired) electrons. The molecule has 0 aliphatic heterocycles. The number of aromatic nitrogens is 6. The van der Waals surface area contributed by atoms with Crippen LogP contribution >= 0.6 is 0 Å². The van der Waals surface area contributed by atoms with Gasteiger partial charge in [0.15, 0.2) is 0 Å². The van der Waals surface area contributed by atoms with E-state index in [0.717, 1.165) is 28.9 Å². The predicted molar refractivity (Wildman–Crippen MR) is 125 cm³/mol. The summed E-state index contributed by atoms with van der Waals surface area (Å²) in [6, 6.07) is 15.5. The zero-order chi connectivity index (χ0) is 24.5. The molecular formula is C24H27N7O3. The molecule has 10 nitrogen and oxygen atoms in total. The van der Waals surface area contributed by atoms with Crippen LogP contribution in [-0.4, -0.2) is 46.1 Å². The van der Waals surface area contributed by atoms with Crippen LogP contribution in [0.25, 0.3) is 22.5 Å². The van der Waals surface area contributed by atoms with E-state index in [1.165, 1.54) is 0 Å². The summed E-state index contributed by atoms with van der Waals surface area (Å²) < 4.78 is 1.81. The minimum absolute atomic E-state index is 0.238. The van der Waals surface area contributed by atoms with E-state index in [0.29, 0.717) is 29.1 Å². The van der Waals surface area contributed by atoms with E-state index in [1.54, 1.807) is 13.8 Å². The smallest absolute Gasteiger partial charge is 0.267 e. The van der Waals surface area contributed by atoms with Gasteiger partial charge in [-0.1, -0.05) is 60.3 Å². The van der Waals surface area contributed by atoms with Crippen LogP contribution < -0.4 is 5.73 Å². The molecule has 176 valence electrons. The minimum atomic E-state index is -1.28. The molecule has 0 fully saturated rings. The molecule has 0 unspecified atom stereocenters. The third kappa shape index (κ3) is 4.53. The Morgan fingerprint density at radius 3 is 2.12 bits per heavy atom. The molecule has 0 aliphatic carbocycles. The summed E-state index contributed by atoms with van der Waals surface area (Å²) in [6.07, 6.45) is 1.51. The minimum Gasteiger partial charge on any atom is -0.409 e. The van der Waals surface area contributed by atoms with Gasteiger partial charge in [0.2, 0.25) is 5.82 Å². The number of imidazole rings is 1. The lowest BCUT2D eigenvalue weighted by Crippen LogP contribution is -2.25. The van der Waals surface area contributed by atoms with Gasteiger partial charge < -0.3 is 20.6 Å². The van der Waals surface area contributed by atoms with Crippen molar-refractivity contribution in [1.82, 2.24) is 29.9 Å². The number of aliphatic hydroxyl groups is 1. The molecule has 34 heavy (non-hydrogen) atoms. The highest BCUT2D eigenvalue weighted by Gasteiger charge is 2.30. The van der Waals surface area contributed by atoms with Crippen LogP contribution in [0.3, 0.4) is 0 Å². The van der Waals surface area contributed by atoms with Crippen molar-refractivity contribution >= 4 is 5.91 Å². The van der Waals surface area contributed by atoms with Crippen molar-refractivity contribution in [3.63, 3.8) is 0 Å². The number of carbonyl (C=O) groups excluding carboxylic acids is 1. The lowest BCUT2D eigenvalue weighted by atomic mass is 10.0. The molecule has 10 heteroatoms. The number of aryl methyl sites for hydroxylation is 1. The lowest BCUT2D eigenvalue weighted by molar-refractivity contribution is 0.0711. The Hall–Kier alpha value is -4.05. The average molecular weight is 462 g/mol. The van der Waals surface area contributed by atoms with Crippen molar-refractivity contribution < 1.29 is 15.1 Å². The molecule has 4 rings (SSSR count). The van der Waals surface area contributed by atoms with E-state index in [1.807, 2.05) is 60.0 Å². The molecule has 0 atom stereocenters. The predicted octanol–water partition coefficient (Wildman–Crippen LogP) is 2.77. The number of amides is 1. The van der Waals surface area contributed by atoms with Crippen LogP contribution in [0.2, 0.25) is 0 Å². The molecule has 0 saturated heterocycles. The van der Waals surface area contributed by atoms with Gasteiger partial charge in [0, 0.05) is 18.5 Å². The van der Waals surface area contributed by atoms with E-state index in [-0.39, 0.29) is 11.5 Å². The quantitative estimate of drug-likeness (QED) is 0.342. The number of hydrogen-bond acceptors (Lipinski definition) is 7. The summed E-state index contributed by atoms with van der Waals surface area (Å²) in [4.78, 5) is 17.5. The van der Waals surface area contributed by atoms with E-state index in [4.69, 9.17) is 5.73 Å². The van der Waals surface area contributed by atoms with Crippen LogP contribution in [0.15, 0.2) is 48.5 Å². The van der Waals surface area contributed by atoms with Crippen LogP contribution in [0.5, 0.6) is 0 Å². The number of nitrogens with zero attached hydrogens (tertiary/aromatic N) is 6. The fraction of sp³-hybridized carbons (Fsp3) is 0.292. The van der Waals surface area contributed by atoms with Gasteiger partial charge in [-0.25, -0.2) is 4.98 Å². The first-order valence-corrected chi connectivity index (χ1v) is 11.0. The van der Waals surface area contributed by atoms with Gasteiger partial charge >= 0.3 is 0 Å². The second-order valence-electron chi connectivity index (χ2n) is 8.65. The molecule has 2 aromatic carbocycles. The Bertz CT molecular complexity index is 1300. The third-order valence-corrected chi connectivity index (χ3v) is 5.56. The summed E-state index contributed by atoms with van der Waals surface area (Å²) in [7, 11) is 0. The topological polar surface area (TPSA) is 145 Å². The molecule has 1 amide bonds. The number of tetrazole rings is 1. The Morgan fingerprint density at radius 2 is 1.62 bits per heavy atom. The fourth-order valence-corrected chi connectivity index (χ4v) is 3.91. The van der Waals surface area contributed by atoms with Crippen LogP contribution in [0, 0.1) is 0 Å². The van der Waals surface area contributed by atoms with Crippen molar-refractivity contribution in [2.24, 2.45) is 5.73 Å². The third-order valence-electron chi connectivity index (χ3n) is 5.56. The lowest BCUT2D eigenvalue weighted by Gasteiger charge is -2.16. The Labute approximate surface area is 196 Å². The van der Waals surface area contributed by atoms with E-state index < -0.39 is 11.5 Å². The van der Waals surface area contributed by atoms with E-state index in [9.17, 15) is 15.1 Å². The highest BCUT2D eigenvalue weighted by Crippen LogP contribution is 2.27. The molecule has 4 N–H and O–H groups in total. The highest BCUT2D eigenvalue weighted by atomic mass is 16.5. The largest absolute Gasteiger partial charge is 0.409 e. The molecular weight excluding hydrogens is 434 g/mol. The first-order chi connectivity index (χ1) is 16.2. The van der Waals surface area contributed by atoms with E-state index >= 15 is 0 Å². The summed E-state index contributed by atoms with van der Waals surface area (Å²) in [5, 5.41) is 30.8. The first kappa shape index (κ1) is 23.1. The number of carbonyl (C=O) groups is 1. The van der Waals surface area contributed by atoms with Gasteiger partial charge in [0.1, 0.15) is 22.8 Å². The summed E-state index contributed by atoms with van der Waals surface area (Å²) >= 11 is 0. The van der Waals surface area contributed by atoms with Crippen LogP contribution in [-0.2, 0) is 18.6 Å². The molecule has 2 aromatic heterocycles. The average Bonchev–Trinajstić information content (AvgIpc) is 3.38. The second-order valence-corrected chi connectivity index (χ2v) is 8.65. The Balaban J connectivity index is 1.61. The van der Waals surface area contributed by atoms with Crippen molar-refractivity contribution in [3.8, 4) is 22.5 Å². The van der Waals surface area contributed by atoms with Gasteiger partial charge in [-0.2, -0.15) is 0 Å². The normalized spacial score (nSPS) is 11.6. The standard InChI is InChI=1S/C24H27N7O3/c1-4-5-19-26-21(24(2,3)33)20(22(25)32)30(19)14-15-6-8-16(9-7-15)17-10-12-18(13-11-17)23-27-28-29-31(23)34/h6-13,33-34H,4-5,14H2,1-3H3,(H2,25,32). The Morgan fingerprint density at radius 1 is 1.03 bits per heavy atom. The molecule has 0 bridgehead atoms. The number of benzene rings is 2. The van der Waals surface area contributed by atoms with Gasteiger partial charge in [-0.3, -0.25) is 4.79 Å². The number of hydrogen-bond donors (Lipinski definition) is 3. The zero-order valence-electron chi connectivity index (χ0n) is 19.3. The van der Waals surface area contributed by atoms with Gasteiger partial charge in [-0.15, -0.1) is 5.10 Å². The van der Waals surface area contributed by atoms with Crippen molar-refractivity contribution in [2.45, 2.75) is 45.8 Å². The van der Waals surface area contributed by atoms with E-state index in [2.05, 4.69) is 20.5 Å². The second kappa shape index (κ2) is 9.06. The molecule has 0 aliphatic rings. The Kier molecular flexibility index (Phi) is 6.16. The summed E-state index contributed by atoms with van der Waals surface area (Å²) in [5.41, 5.74) is 8.60. The summed E-state index contributed by atoms with van der Waals surface area (Å²) in [6.45, 7) is 5.65. The molecule has 0 spiro atoms. The highest BCUT2D eigenvalue weighted by molar-refractivity contribution is 5.92. The summed E-state index contributed by atoms with van der Waals surface area (Å²) in [5.74, 6) is 0.373. The maximum absolute atomic E-state index is 12.3. The van der Waals surface area contributed by atoms with Gasteiger partial charge in [0.05, 0.1) is 0 Å². The number of primary amides is 1. The maximum atomic E-state index is 12.3. The number of nitrogens with two attached hydrogens (primary N) is 1. The zero-order valence-corrected chi connectivity index (χ0v) is 19.3. The van der Waals surface area contributed by atoms with Gasteiger partial charge in [-0.05, 0) is 47.4 Å². The van der Waals surface area contributed by atoms with Crippen molar-refractivity contribution in [3.05, 3.63) is 71.3 Å². The molecule has 2 heterocycles. The monoisotopic (exact) mass is 461 g/mol. The van der Waals surface area contributed by atoms with Crippen LogP contribution in [0.1, 0.15) is 54.8 Å². The molecule has 4 aromatic rings. The van der Waals surface area contributed by atoms with Crippen LogP contribution in [0.4, 0.5) is 0 Å². The molecule has 0 saturated carbocycles.